The van der Waals surface area contributed by atoms with E-state index in [4.69, 9.17) is 9.47 Å². The number of alkyl carbamates (subject to hydrolysis) is 1. The molecule has 27 heavy (non-hydrogen) atoms. The minimum Gasteiger partial charge on any atom is -0.450 e. The first-order chi connectivity index (χ1) is 12.8. The summed E-state index contributed by atoms with van der Waals surface area (Å²) < 4.78 is 12.0. The molecule has 0 radical (unpaired) electrons. The van der Waals surface area contributed by atoms with Crippen LogP contribution in [-0.2, 0) is 16.1 Å². The topological polar surface area (TPSA) is 88.1 Å². The van der Waals surface area contributed by atoms with Gasteiger partial charge in [0, 0.05) is 6.54 Å². The lowest BCUT2D eigenvalue weighted by atomic mass is 10.1. The van der Waals surface area contributed by atoms with E-state index in [1.54, 1.807) is 11.5 Å². The van der Waals surface area contributed by atoms with Crippen molar-refractivity contribution >= 4 is 20.4 Å². The lowest BCUT2D eigenvalue weighted by Gasteiger charge is -2.39. The van der Waals surface area contributed by atoms with Gasteiger partial charge in [0.1, 0.15) is 6.61 Å². The Kier molecular flexibility index (Phi) is 9.88. The van der Waals surface area contributed by atoms with Crippen molar-refractivity contribution in [2.45, 2.75) is 52.1 Å². The smallest absolute Gasteiger partial charge is 0.407 e. The number of aliphatic hydroxyl groups excluding tert-OH is 1. The molecule has 0 aliphatic heterocycles. The van der Waals surface area contributed by atoms with Crippen LogP contribution in [0.1, 0.15) is 25.3 Å². The normalized spacial score (nSPS) is 12.2. The predicted octanol–water partition coefficient (Wildman–Crippen LogP) is 3.35. The highest BCUT2D eigenvalue weighted by Crippen LogP contribution is 2.18. The maximum absolute atomic E-state index is 12.3. The van der Waals surface area contributed by atoms with Crippen LogP contribution in [0.4, 0.5) is 9.59 Å². The van der Waals surface area contributed by atoms with E-state index in [9.17, 15) is 14.7 Å². The second-order valence-electron chi connectivity index (χ2n) is 7.21. The standard InChI is InChI=1S/C19H32N2O5Si/c1-5-25-19(24)21(27(2,3)4)17(14-22)12-9-13-20-18(23)26-15-16-10-7-6-8-11-16/h6-8,10-11,17,22H,5,9,12-15H2,1-4H3,(H,20,23)/t17-/m1/s1. The van der Waals surface area contributed by atoms with E-state index in [0.717, 1.165) is 5.56 Å². The summed E-state index contributed by atoms with van der Waals surface area (Å²) in [6.45, 7) is 8.65. The molecule has 0 aromatic heterocycles. The molecule has 1 aromatic rings. The van der Waals surface area contributed by atoms with Crippen LogP contribution in [0.3, 0.4) is 0 Å². The van der Waals surface area contributed by atoms with E-state index in [1.807, 2.05) is 50.0 Å². The molecule has 0 saturated carbocycles. The summed E-state index contributed by atoms with van der Waals surface area (Å²) in [5, 5.41) is 12.5. The molecular formula is C19H32N2O5Si. The summed E-state index contributed by atoms with van der Waals surface area (Å²) in [7, 11) is -2.02. The highest BCUT2D eigenvalue weighted by atomic mass is 28.3. The van der Waals surface area contributed by atoms with Gasteiger partial charge >= 0.3 is 12.2 Å². The number of ether oxygens (including phenoxy) is 2. The number of carbonyl (C=O) groups excluding carboxylic acids is 2. The van der Waals surface area contributed by atoms with E-state index in [2.05, 4.69) is 5.32 Å². The molecule has 0 saturated heterocycles. The zero-order valence-electron chi connectivity index (χ0n) is 16.7. The Morgan fingerprint density at radius 1 is 1.19 bits per heavy atom. The second-order valence-corrected chi connectivity index (χ2v) is 12.0. The third-order valence-corrected chi connectivity index (χ3v) is 5.95. The Hall–Kier alpha value is -2.06. The van der Waals surface area contributed by atoms with Gasteiger partial charge in [-0.2, -0.15) is 0 Å². The Balaban J connectivity index is 2.42. The molecule has 2 amide bonds. The van der Waals surface area contributed by atoms with Gasteiger partial charge in [-0.05, 0) is 25.3 Å². The number of benzene rings is 1. The fraction of sp³-hybridized carbons (Fsp3) is 0.579. The minimum absolute atomic E-state index is 0.137. The molecule has 0 bridgehead atoms. The quantitative estimate of drug-likeness (QED) is 0.468. The van der Waals surface area contributed by atoms with E-state index < -0.39 is 14.3 Å². The van der Waals surface area contributed by atoms with Crippen molar-refractivity contribution < 1.29 is 24.2 Å². The van der Waals surface area contributed by atoms with Crippen LogP contribution in [0.15, 0.2) is 30.3 Å². The first kappa shape index (κ1) is 23.0. The highest BCUT2D eigenvalue weighted by Gasteiger charge is 2.35. The van der Waals surface area contributed by atoms with Gasteiger partial charge in [-0.15, -0.1) is 0 Å². The zero-order valence-corrected chi connectivity index (χ0v) is 17.7. The Morgan fingerprint density at radius 3 is 2.41 bits per heavy atom. The van der Waals surface area contributed by atoms with Crippen LogP contribution in [0.25, 0.3) is 0 Å². The van der Waals surface area contributed by atoms with Crippen molar-refractivity contribution in [1.82, 2.24) is 9.88 Å². The molecule has 152 valence electrons. The van der Waals surface area contributed by atoms with Gasteiger partial charge in [0.2, 0.25) is 0 Å². The highest BCUT2D eigenvalue weighted by molar-refractivity contribution is 6.75. The number of nitrogens with one attached hydrogen (secondary N) is 1. The maximum Gasteiger partial charge on any atom is 0.407 e. The van der Waals surface area contributed by atoms with E-state index in [-0.39, 0.29) is 25.3 Å². The predicted molar refractivity (Wildman–Crippen MR) is 107 cm³/mol. The number of hydrogen-bond acceptors (Lipinski definition) is 5. The molecule has 0 unspecified atom stereocenters. The van der Waals surface area contributed by atoms with Crippen molar-refractivity contribution in [1.29, 1.82) is 0 Å². The molecule has 7 nitrogen and oxygen atoms in total. The zero-order chi connectivity index (χ0) is 20.3. The third-order valence-electron chi connectivity index (χ3n) is 3.96. The molecule has 0 aliphatic rings. The fourth-order valence-corrected chi connectivity index (χ4v) is 4.69. The monoisotopic (exact) mass is 396 g/mol. The van der Waals surface area contributed by atoms with Crippen LogP contribution in [0, 0.1) is 0 Å². The molecule has 1 rings (SSSR count). The van der Waals surface area contributed by atoms with Crippen LogP contribution < -0.4 is 5.32 Å². The molecule has 1 aromatic carbocycles. The van der Waals surface area contributed by atoms with Crippen molar-refractivity contribution in [2.24, 2.45) is 0 Å². The number of aliphatic hydroxyl groups is 1. The summed E-state index contributed by atoms with van der Waals surface area (Å²) in [6.07, 6.45) is 0.322. The number of nitrogens with zero attached hydrogens (tertiary/aromatic N) is 1. The number of rotatable bonds is 10. The molecule has 0 heterocycles. The SMILES string of the molecule is CCOC(=O)N([C@@H](CO)CCCNC(=O)OCc1ccccc1)[Si](C)(C)C. The van der Waals surface area contributed by atoms with Crippen molar-refractivity contribution in [2.75, 3.05) is 19.8 Å². The lowest BCUT2D eigenvalue weighted by Crippen LogP contribution is -2.56. The van der Waals surface area contributed by atoms with Crippen LogP contribution in [0.5, 0.6) is 0 Å². The Morgan fingerprint density at radius 2 is 1.85 bits per heavy atom. The molecule has 2 N–H and O–H groups in total. The summed E-state index contributed by atoms with van der Waals surface area (Å²) in [5.74, 6) is 0. The number of hydrogen-bond donors (Lipinski definition) is 2. The molecule has 0 spiro atoms. The summed E-state index contributed by atoms with van der Waals surface area (Å²) in [4.78, 5) is 24.0. The molecule has 1 atom stereocenters. The fourth-order valence-electron chi connectivity index (χ4n) is 2.77. The van der Waals surface area contributed by atoms with E-state index >= 15 is 0 Å². The Bertz CT molecular complexity index is 577. The largest absolute Gasteiger partial charge is 0.450 e. The van der Waals surface area contributed by atoms with Gasteiger partial charge in [-0.25, -0.2) is 9.59 Å². The van der Waals surface area contributed by atoms with Gasteiger partial charge in [0.05, 0.1) is 19.3 Å². The maximum atomic E-state index is 12.3. The van der Waals surface area contributed by atoms with Crippen LogP contribution >= 0.6 is 0 Å². The molecule has 8 heteroatoms. The summed E-state index contributed by atoms with van der Waals surface area (Å²) in [6, 6.07) is 9.14. The first-order valence-corrected chi connectivity index (χ1v) is 12.8. The van der Waals surface area contributed by atoms with Gasteiger partial charge in [-0.1, -0.05) is 50.0 Å². The lowest BCUT2D eigenvalue weighted by molar-refractivity contribution is 0.100. The van der Waals surface area contributed by atoms with Crippen molar-refractivity contribution in [3.05, 3.63) is 35.9 Å². The Labute approximate surface area is 162 Å². The third kappa shape index (κ3) is 8.44. The summed E-state index contributed by atoms with van der Waals surface area (Å²) in [5.41, 5.74) is 0.924. The van der Waals surface area contributed by atoms with Crippen molar-refractivity contribution in [3.8, 4) is 0 Å². The van der Waals surface area contributed by atoms with Crippen LogP contribution in [-0.4, -0.2) is 55.9 Å². The van der Waals surface area contributed by atoms with Crippen molar-refractivity contribution in [3.63, 3.8) is 0 Å². The van der Waals surface area contributed by atoms with Gasteiger partial charge < -0.3 is 24.5 Å². The minimum atomic E-state index is -2.02. The van der Waals surface area contributed by atoms with Gasteiger partial charge in [-0.3, -0.25) is 0 Å². The molecule has 0 aliphatic carbocycles. The average molecular weight is 397 g/mol. The number of amides is 2. The second kappa shape index (κ2) is 11.6. The van der Waals surface area contributed by atoms with Gasteiger partial charge in [0.15, 0.2) is 8.24 Å². The van der Waals surface area contributed by atoms with E-state index in [1.165, 1.54) is 0 Å². The number of carbonyl (C=O) groups is 2. The van der Waals surface area contributed by atoms with E-state index in [0.29, 0.717) is 26.0 Å². The van der Waals surface area contributed by atoms with Crippen LogP contribution in [0.2, 0.25) is 19.6 Å². The summed E-state index contributed by atoms with van der Waals surface area (Å²) >= 11 is 0. The molecular weight excluding hydrogens is 364 g/mol. The average Bonchev–Trinajstić information content (AvgIpc) is 2.62. The van der Waals surface area contributed by atoms with Gasteiger partial charge in [0.25, 0.3) is 0 Å². The molecule has 0 fully saturated rings. The first-order valence-electron chi connectivity index (χ1n) is 9.31.